The Morgan fingerprint density at radius 2 is 1.89 bits per heavy atom. The Hall–Kier alpha value is -2.02. The Balaban J connectivity index is 1.34. The first-order valence-electron chi connectivity index (χ1n) is 10.3. The van der Waals surface area contributed by atoms with E-state index in [0.717, 1.165) is 69.1 Å². The van der Waals surface area contributed by atoms with Gasteiger partial charge in [-0.25, -0.2) is 4.98 Å². The van der Waals surface area contributed by atoms with Crippen LogP contribution in [0.1, 0.15) is 55.0 Å². The van der Waals surface area contributed by atoms with Gasteiger partial charge in [-0.1, -0.05) is 6.42 Å². The summed E-state index contributed by atoms with van der Waals surface area (Å²) in [5, 5.41) is 8.89. The summed E-state index contributed by atoms with van der Waals surface area (Å²) in [7, 11) is 0. The number of rotatable bonds is 4. The highest BCUT2D eigenvalue weighted by Gasteiger charge is 2.23. The molecule has 0 aliphatic carbocycles. The number of piperidine rings is 1. The van der Waals surface area contributed by atoms with E-state index in [1.807, 2.05) is 13.8 Å². The van der Waals surface area contributed by atoms with E-state index in [9.17, 15) is 4.79 Å². The summed E-state index contributed by atoms with van der Waals surface area (Å²) in [4.78, 5) is 19.2. The molecule has 0 bridgehead atoms. The van der Waals surface area contributed by atoms with Gasteiger partial charge in [-0.2, -0.15) is 0 Å². The number of aromatic nitrogens is 5. The van der Waals surface area contributed by atoms with Gasteiger partial charge in [0.1, 0.15) is 11.6 Å². The predicted molar refractivity (Wildman–Crippen MR) is 104 cm³/mol. The second-order valence-electron chi connectivity index (χ2n) is 8.13. The van der Waals surface area contributed by atoms with Crippen molar-refractivity contribution in [3.05, 3.63) is 39.6 Å². The van der Waals surface area contributed by atoms with E-state index in [4.69, 9.17) is 0 Å². The molecule has 4 rings (SSSR count). The third-order valence-electron chi connectivity index (χ3n) is 6.23. The third-order valence-corrected chi connectivity index (χ3v) is 6.23. The van der Waals surface area contributed by atoms with Crippen molar-refractivity contribution in [1.82, 2.24) is 29.2 Å². The molecular formula is C20H30N6O. The highest BCUT2D eigenvalue weighted by Crippen LogP contribution is 2.21. The minimum absolute atomic E-state index is 0.107. The van der Waals surface area contributed by atoms with Crippen LogP contribution in [0.2, 0.25) is 0 Å². The Labute approximate surface area is 160 Å². The zero-order chi connectivity index (χ0) is 18.8. The minimum Gasteiger partial charge on any atom is -0.314 e. The molecule has 0 atom stereocenters. The number of nitrogens with zero attached hydrogens (tertiary/aromatic N) is 6. The summed E-state index contributed by atoms with van der Waals surface area (Å²) >= 11 is 0. The molecule has 0 amide bonds. The van der Waals surface area contributed by atoms with Crippen LogP contribution in [0.3, 0.4) is 0 Å². The molecule has 1 fully saturated rings. The van der Waals surface area contributed by atoms with E-state index in [0.29, 0.717) is 5.92 Å². The molecule has 2 aromatic heterocycles. The van der Waals surface area contributed by atoms with Crippen LogP contribution >= 0.6 is 0 Å². The highest BCUT2D eigenvalue weighted by atomic mass is 16.1. The molecule has 4 heterocycles. The fourth-order valence-corrected chi connectivity index (χ4v) is 4.27. The number of likely N-dealkylation sites (tertiary alicyclic amines) is 1. The molecule has 27 heavy (non-hydrogen) atoms. The molecule has 1 saturated heterocycles. The van der Waals surface area contributed by atoms with E-state index in [1.165, 1.54) is 25.1 Å². The van der Waals surface area contributed by atoms with Crippen LogP contribution in [0, 0.1) is 19.8 Å². The molecular weight excluding hydrogens is 340 g/mol. The summed E-state index contributed by atoms with van der Waals surface area (Å²) < 4.78 is 4.14. The maximum Gasteiger partial charge on any atom is 0.256 e. The van der Waals surface area contributed by atoms with Crippen molar-refractivity contribution in [3.8, 4) is 0 Å². The number of fused-ring (bicyclic) bond motifs is 1. The second kappa shape index (κ2) is 7.92. The lowest BCUT2D eigenvalue weighted by molar-refractivity contribution is 0.161. The monoisotopic (exact) mass is 370 g/mol. The Morgan fingerprint density at radius 1 is 1.07 bits per heavy atom. The van der Waals surface area contributed by atoms with Crippen LogP contribution in [0.5, 0.6) is 0 Å². The van der Waals surface area contributed by atoms with Crippen molar-refractivity contribution < 1.29 is 0 Å². The zero-order valence-corrected chi connectivity index (χ0v) is 16.5. The minimum atomic E-state index is 0.107. The van der Waals surface area contributed by atoms with Gasteiger partial charge in [-0.3, -0.25) is 14.3 Å². The maximum absolute atomic E-state index is 12.4. The van der Waals surface area contributed by atoms with Crippen molar-refractivity contribution in [1.29, 1.82) is 0 Å². The molecule has 0 N–H and O–H groups in total. The van der Waals surface area contributed by atoms with Crippen LogP contribution in [0.25, 0.3) is 0 Å². The average molecular weight is 371 g/mol. The lowest BCUT2D eigenvalue weighted by Crippen LogP contribution is -2.37. The zero-order valence-electron chi connectivity index (χ0n) is 16.5. The molecule has 2 aliphatic rings. The molecule has 0 spiro atoms. The predicted octanol–water partition coefficient (Wildman–Crippen LogP) is 2.09. The lowest BCUT2D eigenvalue weighted by atomic mass is 9.96. The summed E-state index contributed by atoms with van der Waals surface area (Å²) in [5.74, 6) is 2.83. The summed E-state index contributed by atoms with van der Waals surface area (Å²) in [6.07, 6.45) is 8.76. The first kappa shape index (κ1) is 18.3. The van der Waals surface area contributed by atoms with Crippen molar-refractivity contribution in [3.63, 3.8) is 0 Å². The fraction of sp³-hybridized carbons (Fsp3) is 0.700. The molecule has 2 aliphatic heterocycles. The fourth-order valence-electron chi connectivity index (χ4n) is 4.27. The summed E-state index contributed by atoms with van der Waals surface area (Å²) in [6.45, 7) is 8.61. The topological polar surface area (TPSA) is 68.8 Å². The lowest BCUT2D eigenvalue weighted by Gasteiger charge is -2.31. The molecule has 0 unspecified atom stereocenters. The van der Waals surface area contributed by atoms with Gasteiger partial charge in [0.2, 0.25) is 0 Å². The van der Waals surface area contributed by atoms with Crippen LogP contribution in [-0.4, -0.2) is 42.3 Å². The maximum atomic E-state index is 12.4. The third kappa shape index (κ3) is 3.98. The number of aryl methyl sites for hydroxylation is 2. The SMILES string of the molecule is Cc1ncn(CC2CCN(Cc3nnc4n3CCCCC4)CC2)c(=O)c1C. The smallest absolute Gasteiger partial charge is 0.256 e. The number of hydrogen-bond acceptors (Lipinski definition) is 5. The van der Waals surface area contributed by atoms with Crippen molar-refractivity contribution >= 4 is 0 Å². The Morgan fingerprint density at radius 3 is 2.70 bits per heavy atom. The van der Waals surface area contributed by atoms with Gasteiger partial charge in [0.05, 0.1) is 12.9 Å². The molecule has 7 nitrogen and oxygen atoms in total. The van der Waals surface area contributed by atoms with Gasteiger partial charge in [0.15, 0.2) is 0 Å². The van der Waals surface area contributed by atoms with Gasteiger partial charge in [0, 0.05) is 30.8 Å². The van der Waals surface area contributed by atoms with Crippen LogP contribution in [-0.2, 0) is 26.1 Å². The standard InChI is InChI=1S/C20H30N6O/c1-15-16(2)21-14-25(20(15)27)12-17-7-10-24(11-8-17)13-19-23-22-18-6-4-3-5-9-26(18)19/h14,17H,3-13H2,1-2H3. The van der Waals surface area contributed by atoms with Gasteiger partial charge in [-0.15, -0.1) is 10.2 Å². The molecule has 0 radical (unpaired) electrons. The first-order valence-corrected chi connectivity index (χ1v) is 10.3. The van der Waals surface area contributed by atoms with E-state index in [2.05, 4.69) is 24.6 Å². The molecule has 146 valence electrons. The molecule has 7 heteroatoms. The Kier molecular flexibility index (Phi) is 5.38. The second-order valence-corrected chi connectivity index (χ2v) is 8.13. The van der Waals surface area contributed by atoms with Crippen LogP contribution < -0.4 is 5.56 Å². The van der Waals surface area contributed by atoms with E-state index in [1.54, 1.807) is 10.9 Å². The van der Waals surface area contributed by atoms with Crippen LogP contribution in [0.15, 0.2) is 11.1 Å². The largest absolute Gasteiger partial charge is 0.314 e. The summed E-state index contributed by atoms with van der Waals surface area (Å²) in [6, 6.07) is 0. The van der Waals surface area contributed by atoms with Gasteiger partial charge < -0.3 is 4.57 Å². The summed E-state index contributed by atoms with van der Waals surface area (Å²) in [5.41, 5.74) is 1.71. The first-order chi connectivity index (χ1) is 13.1. The average Bonchev–Trinajstić information content (AvgIpc) is 2.89. The van der Waals surface area contributed by atoms with Gasteiger partial charge >= 0.3 is 0 Å². The van der Waals surface area contributed by atoms with Crippen molar-refractivity contribution in [2.45, 2.75) is 72.0 Å². The van der Waals surface area contributed by atoms with Crippen molar-refractivity contribution in [2.75, 3.05) is 13.1 Å². The highest BCUT2D eigenvalue weighted by molar-refractivity contribution is 5.12. The molecule has 0 aromatic carbocycles. The van der Waals surface area contributed by atoms with Crippen molar-refractivity contribution in [2.24, 2.45) is 5.92 Å². The normalized spacial score (nSPS) is 19.0. The molecule has 2 aromatic rings. The van der Waals surface area contributed by atoms with Crippen LogP contribution in [0.4, 0.5) is 0 Å². The van der Waals surface area contributed by atoms with Gasteiger partial charge in [-0.05, 0) is 58.5 Å². The van der Waals surface area contributed by atoms with E-state index >= 15 is 0 Å². The quantitative estimate of drug-likeness (QED) is 0.824. The van der Waals surface area contributed by atoms with E-state index < -0.39 is 0 Å². The Bertz CT molecular complexity index is 847. The molecule has 0 saturated carbocycles. The van der Waals surface area contributed by atoms with Gasteiger partial charge in [0.25, 0.3) is 5.56 Å². The number of hydrogen-bond donors (Lipinski definition) is 0. The van der Waals surface area contributed by atoms with E-state index in [-0.39, 0.29) is 5.56 Å².